The number of carbonyl (C=O) groups is 1. The molecule has 0 spiro atoms. The summed E-state index contributed by atoms with van der Waals surface area (Å²) in [4.78, 5) is 10.5. The number of hydroxylamine groups is 2. The van der Waals surface area contributed by atoms with Crippen molar-refractivity contribution in [2.45, 2.75) is 19.0 Å². The van der Waals surface area contributed by atoms with Gasteiger partial charge in [0.15, 0.2) is 6.29 Å². The summed E-state index contributed by atoms with van der Waals surface area (Å²) >= 11 is 0. The molecule has 2 rings (SSSR count). The highest BCUT2D eigenvalue weighted by Gasteiger charge is 2.31. The molecule has 22 heavy (non-hydrogen) atoms. The van der Waals surface area contributed by atoms with Gasteiger partial charge in [-0.2, -0.15) is 13.2 Å². The Balaban J connectivity index is 2.03. The van der Waals surface area contributed by atoms with Crippen LogP contribution in [0.2, 0.25) is 0 Å². The number of benzene rings is 1. The van der Waals surface area contributed by atoms with E-state index in [1.165, 1.54) is 12.4 Å². The Kier molecular flexibility index (Phi) is 4.51. The number of rotatable bonds is 4. The Morgan fingerprint density at radius 3 is 2.55 bits per heavy atom. The van der Waals surface area contributed by atoms with E-state index >= 15 is 0 Å². The molecule has 0 bridgehead atoms. The summed E-state index contributed by atoms with van der Waals surface area (Å²) in [5, 5.41) is 12.8. The average Bonchev–Trinajstić information content (AvgIpc) is 2.45. The minimum Gasteiger partial charge on any atom is -0.362 e. The zero-order chi connectivity index (χ0) is 16.3. The molecule has 1 aliphatic heterocycles. The van der Waals surface area contributed by atoms with E-state index in [9.17, 15) is 27.6 Å². The number of allylic oxidation sites excluding steroid dienone is 2. The molecule has 2 N–H and O–H groups in total. The third-order valence-electron chi connectivity index (χ3n) is 3.11. The smallest absolute Gasteiger partial charge is 0.362 e. The summed E-state index contributed by atoms with van der Waals surface area (Å²) in [5.74, 6) is -0.934. The molecule has 118 valence electrons. The molecule has 0 saturated heterocycles. The highest BCUT2D eigenvalue weighted by Crippen LogP contribution is 2.30. The number of hydrogen-bond acceptors (Lipinski definition) is 4. The van der Waals surface area contributed by atoms with E-state index in [-0.39, 0.29) is 24.1 Å². The summed E-state index contributed by atoms with van der Waals surface area (Å²) < 4.78 is 51.0. The van der Waals surface area contributed by atoms with Gasteiger partial charge in [0.05, 0.1) is 11.8 Å². The van der Waals surface area contributed by atoms with Crippen molar-refractivity contribution in [1.29, 1.82) is 0 Å². The Morgan fingerprint density at radius 2 is 2.00 bits per heavy atom. The van der Waals surface area contributed by atoms with Crippen LogP contribution in [0.5, 0.6) is 0 Å². The van der Waals surface area contributed by atoms with Crippen LogP contribution < -0.4 is 5.32 Å². The van der Waals surface area contributed by atoms with Crippen molar-refractivity contribution in [3.05, 3.63) is 58.9 Å². The lowest BCUT2D eigenvalue weighted by molar-refractivity contribution is -0.137. The zero-order valence-electron chi connectivity index (χ0n) is 11.2. The number of halogens is 4. The first-order chi connectivity index (χ1) is 10.3. The summed E-state index contributed by atoms with van der Waals surface area (Å²) in [6, 6.07) is 2.37. The van der Waals surface area contributed by atoms with Crippen molar-refractivity contribution in [1.82, 2.24) is 10.4 Å². The number of nitrogens with one attached hydrogen (secondary N) is 1. The van der Waals surface area contributed by atoms with Crippen molar-refractivity contribution >= 4 is 6.29 Å². The summed E-state index contributed by atoms with van der Waals surface area (Å²) in [6.07, 6.45) is -1.24. The van der Waals surface area contributed by atoms with Crippen LogP contribution in [0.25, 0.3) is 0 Å². The number of aryl methyl sites for hydroxylation is 1. The SMILES string of the molecule is O=CC1=CNC(CCc2ccc(C(F)(F)F)cc2F)=CN1O. The second-order valence-electron chi connectivity index (χ2n) is 4.63. The van der Waals surface area contributed by atoms with Gasteiger partial charge in [0.25, 0.3) is 0 Å². The van der Waals surface area contributed by atoms with Crippen molar-refractivity contribution in [2.75, 3.05) is 0 Å². The minimum atomic E-state index is -4.58. The third kappa shape index (κ3) is 3.64. The summed E-state index contributed by atoms with van der Waals surface area (Å²) in [6.45, 7) is 0. The molecule has 8 heteroatoms. The average molecular weight is 316 g/mol. The topological polar surface area (TPSA) is 52.6 Å². The van der Waals surface area contributed by atoms with E-state index in [0.717, 1.165) is 12.1 Å². The molecule has 4 nitrogen and oxygen atoms in total. The van der Waals surface area contributed by atoms with Gasteiger partial charge in [-0.25, -0.2) is 9.45 Å². The van der Waals surface area contributed by atoms with Gasteiger partial charge in [-0.3, -0.25) is 10.0 Å². The highest BCUT2D eigenvalue weighted by atomic mass is 19.4. The predicted molar refractivity (Wildman–Crippen MR) is 68.7 cm³/mol. The maximum atomic E-state index is 13.7. The van der Waals surface area contributed by atoms with E-state index in [1.807, 2.05) is 0 Å². The Labute approximate surface area is 123 Å². The minimum absolute atomic E-state index is 0.00413. The van der Waals surface area contributed by atoms with Gasteiger partial charge in [-0.1, -0.05) is 6.07 Å². The number of carbonyl (C=O) groups excluding carboxylic acids is 1. The van der Waals surface area contributed by atoms with Gasteiger partial charge in [-0.05, 0) is 30.5 Å². The molecular formula is C14H12F4N2O2. The fraction of sp³-hybridized carbons (Fsp3) is 0.214. The Morgan fingerprint density at radius 1 is 1.27 bits per heavy atom. The summed E-state index contributed by atoms with van der Waals surface area (Å²) in [7, 11) is 0. The quantitative estimate of drug-likeness (QED) is 0.662. The molecule has 1 aromatic carbocycles. The highest BCUT2D eigenvalue weighted by molar-refractivity contribution is 5.72. The molecule has 1 aromatic rings. The van der Waals surface area contributed by atoms with E-state index in [0.29, 0.717) is 23.1 Å². The first-order valence-electron chi connectivity index (χ1n) is 6.27. The molecule has 0 saturated carbocycles. The van der Waals surface area contributed by atoms with Crippen molar-refractivity contribution in [3.8, 4) is 0 Å². The Bertz CT molecular complexity index is 638. The monoisotopic (exact) mass is 316 g/mol. The van der Waals surface area contributed by atoms with Gasteiger partial charge in [0, 0.05) is 11.9 Å². The van der Waals surface area contributed by atoms with Crippen molar-refractivity contribution in [3.63, 3.8) is 0 Å². The largest absolute Gasteiger partial charge is 0.416 e. The molecule has 0 aromatic heterocycles. The van der Waals surface area contributed by atoms with Crippen LogP contribution >= 0.6 is 0 Å². The van der Waals surface area contributed by atoms with E-state index in [2.05, 4.69) is 5.32 Å². The molecule has 0 unspecified atom stereocenters. The molecule has 0 fully saturated rings. The molecule has 0 aliphatic carbocycles. The Hall–Kier alpha value is -2.35. The van der Waals surface area contributed by atoms with Crippen molar-refractivity contribution < 1.29 is 27.6 Å². The second-order valence-corrected chi connectivity index (χ2v) is 4.63. The van der Waals surface area contributed by atoms with E-state index in [4.69, 9.17) is 0 Å². The lowest BCUT2D eigenvalue weighted by atomic mass is 10.0. The third-order valence-corrected chi connectivity index (χ3v) is 3.11. The maximum Gasteiger partial charge on any atom is 0.416 e. The maximum absolute atomic E-state index is 13.7. The van der Waals surface area contributed by atoms with Crippen LogP contribution in [0.3, 0.4) is 0 Å². The molecule has 1 heterocycles. The molecule has 0 radical (unpaired) electrons. The van der Waals surface area contributed by atoms with Gasteiger partial charge >= 0.3 is 6.18 Å². The number of hydrogen-bond donors (Lipinski definition) is 2. The molecule has 0 amide bonds. The van der Waals surface area contributed by atoms with Crippen LogP contribution in [-0.2, 0) is 17.4 Å². The first kappa shape index (κ1) is 16.0. The van der Waals surface area contributed by atoms with E-state index < -0.39 is 17.6 Å². The zero-order valence-corrected chi connectivity index (χ0v) is 11.2. The first-order valence-corrected chi connectivity index (χ1v) is 6.27. The van der Waals surface area contributed by atoms with Gasteiger partial charge < -0.3 is 5.32 Å². The van der Waals surface area contributed by atoms with Crippen LogP contribution in [0.1, 0.15) is 17.5 Å². The van der Waals surface area contributed by atoms with Gasteiger partial charge in [-0.15, -0.1) is 0 Å². The van der Waals surface area contributed by atoms with E-state index in [1.54, 1.807) is 0 Å². The van der Waals surface area contributed by atoms with Gasteiger partial charge in [0.2, 0.25) is 0 Å². The predicted octanol–water partition coefficient (Wildman–Crippen LogP) is 2.95. The van der Waals surface area contributed by atoms with Gasteiger partial charge in [0.1, 0.15) is 11.5 Å². The lowest BCUT2D eigenvalue weighted by Gasteiger charge is -2.20. The second kappa shape index (κ2) is 6.18. The number of nitrogens with zero attached hydrogens (tertiary/aromatic N) is 1. The normalized spacial score (nSPS) is 15.0. The van der Waals surface area contributed by atoms with Crippen LogP contribution in [0.15, 0.2) is 42.0 Å². The number of aldehydes is 1. The van der Waals surface area contributed by atoms with Crippen LogP contribution in [0.4, 0.5) is 17.6 Å². The number of alkyl halides is 3. The van der Waals surface area contributed by atoms with Crippen LogP contribution in [0, 0.1) is 5.82 Å². The fourth-order valence-electron chi connectivity index (χ4n) is 1.91. The molecular weight excluding hydrogens is 304 g/mol. The van der Waals surface area contributed by atoms with Crippen LogP contribution in [-0.4, -0.2) is 16.6 Å². The summed E-state index contributed by atoms with van der Waals surface area (Å²) in [5.41, 5.74) is -0.411. The standard InChI is InChI=1S/C14H12F4N2O2/c15-13-5-10(14(16,17)18)3-1-9(13)2-4-11-7-20(22)12(8-21)6-19-11/h1,3,5-8,19,22H,2,4H2. The molecule has 0 atom stereocenters. The lowest BCUT2D eigenvalue weighted by Crippen LogP contribution is -2.24. The van der Waals surface area contributed by atoms with Crippen molar-refractivity contribution in [2.24, 2.45) is 0 Å². The fourth-order valence-corrected chi connectivity index (χ4v) is 1.91. The molecule has 1 aliphatic rings.